The smallest absolute Gasteiger partial charge is 0.335 e. The lowest BCUT2D eigenvalue weighted by molar-refractivity contribution is 0.0697. The molecular weight excluding hydrogens is 228 g/mol. The zero-order valence-electron chi connectivity index (χ0n) is 11.0. The number of aromatic nitrogens is 1. The van der Waals surface area contributed by atoms with Crippen LogP contribution in [0.2, 0.25) is 0 Å². The minimum Gasteiger partial charge on any atom is -0.478 e. The zero-order valence-corrected chi connectivity index (χ0v) is 11.0. The Bertz CT molecular complexity index is 633. The fraction of sp³-hybridized carbons (Fsp3) is 0.286. The quantitative estimate of drug-likeness (QED) is 0.882. The molecule has 0 saturated carbocycles. The molecule has 18 heavy (non-hydrogen) atoms. The third kappa shape index (κ3) is 2.01. The van der Waals surface area contributed by atoms with Gasteiger partial charge in [0.25, 0.3) is 0 Å². The number of aryl methyl sites for hydroxylation is 2. The summed E-state index contributed by atoms with van der Waals surface area (Å²) >= 11 is 0. The molecule has 0 aliphatic carbocycles. The van der Waals surface area contributed by atoms with E-state index in [1.54, 1.807) is 12.1 Å². The Morgan fingerprint density at radius 3 is 2.44 bits per heavy atom. The number of benzene rings is 1. The average Bonchev–Trinajstić information content (AvgIpc) is 2.28. The molecular formula is C14H16N2O2. The van der Waals surface area contributed by atoms with E-state index < -0.39 is 5.97 Å². The number of nitrogens with zero attached hydrogens (tertiary/aromatic N) is 2. The fourth-order valence-electron chi connectivity index (χ4n) is 2.10. The highest BCUT2D eigenvalue weighted by atomic mass is 16.4. The monoisotopic (exact) mass is 244 g/mol. The number of hydrogen-bond donors (Lipinski definition) is 1. The van der Waals surface area contributed by atoms with Gasteiger partial charge in [0.1, 0.15) is 0 Å². The summed E-state index contributed by atoms with van der Waals surface area (Å²) in [5, 5.41) is 10.00. The van der Waals surface area contributed by atoms with Crippen molar-refractivity contribution in [1.29, 1.82) is 0 Å². The number of anilines is 1. The van der Waals surface area contributed by atoms with E-state index in [0.717, 1.165) is 27.8 Å². The van der Waals surface area contributed by atoms with Crippen LogP contribution in [0.1, 0.15) is 21.6 Å². The van der Waals surface area contributed by atoms with Gasteiger partial charge in [-0.15, -0.1) is 0 Å². The van der Waals surface area contributed by atoms with Crippen LogP contribution < -0.4 is 4.90 Å². The largest absolute Gasteiger partial charge is 0.478 e. The van der Waals surface area contributed by atoms with Gasteiger partial charge in [-0.05, 0) is 37.6 Å². The van der Waals surface area contributed by atoms with Gasteiger partial charge >= 0.3 is 5.97 Å². The summed E-state index contributed by atoms with van der Waals surface area (Å²) in [6.07, 6.45) is 0. The first-order valence-electron chi connectivity index (χ1n) is 5.73. The van der Waals surface area contributed by atoms with Crippen LogP contribution in [0.25, 0.3) is 10.9 Å². The number of carboxylic acids is 1. The van der Waals surface area contributed by atoms with Gasteiger partial charge in [0, 0.05) is 30.9 Å². The summed E-state index contributed by atoms with van der Waals surface area (Å²) < 4.78 is 0. The molecule has 94 valence electrons. The van der Waals surface area contributed by atoms with Crippen molar-refractivity contribution in [3.8, 4) is 0 Å². The van der Waals surface area contributed by atoms with E-state index in [2.05, 4.69) is 4.98 Å². The van der Waals surface area contributed by atoms with Crippen LogP contribution in [0.3, 0.4) is 0 Å². The molecule has 0 bridgehead atoms. The second-order valence-corrected chi connectivity index (χ2v) is 4.67. The summed E-state index contributed by atoms with van der Waals surface area (Å²) in [6.45, 7) is 3.83. The SMILES string of the molecule is Cc1cc(N(C)C)c2cc(C(=O)O)cc(C)c2n1. The molecule has 0 aliphatic heterocycles. The number of pyridine rings is 1. The number of aromatic carboxylic acids is 1. The molecule has 0 saturated heterocycles. The first-order valence-corrected chi connectivity index (χ1v) is 5.73. The molecule has 0 unspecified atom stereocenters. The van der Waals surface area contributed by atoms with Gasteiger partial charge in [-0.3, -0.25) is 4.98 Å². The number of hydrogen-bond acceptors (Lipinski definition) is 3. The van der Waals surface area contributed by atoms with Gasteiger partial charge in [0.2, 0.25) is 0 Å². The number of fused-ring (bicyclic) bond motifs is 1. The van der Waals surface area contributed by atoms with E-state index >= 15 is 0 Å². The maximum Gasteiger partial charge on any atom is 0.335 e. The molecule has 4 nitrogen and oxygen atoms in total. The van der Waals surface area contributed by atoms with E-state index in [9.17, 15) is 4.79 Å². The van der Waals surface area contributed by atoms with E-state index in [1.807, 2.05) is 38.9 Å². The van der Waals surface area contributed by atoms with E-state index in [4.69, 9.17) is 5.11 Å². The van der Waals surface area contributed by atoms with Crippen LogP contribution >= 0.6 is 0 Å². The molecule has 4 heteroatoms. The lowest BCUT2D eigenvalue weighted by Crippen LogP contribution is -2.10. The van der Waals surface area contributed by atoms with Gasteiger partial charge in [-0.25, -0.2) is 4.79 Å². The lowest BCUT2D eigenvalue weighted by Gasteiger charge is -2.17. The summed E-state index contributed by atoms with van der Waals surface area (Å²) in [5.41, 5.74) is 3.97. The minimum absolute atomic E-state index is 0.300. The Hall–Kier alpha value is -2.10. The van der Waals surface area contributed by atoms with Crippen LogP contribution in [-0.2, 0) is 0 Å². The van der Waals surface area contributed by atoms with Gasteiger partial charge in [-0.2, -0.15) is 0 Å². The Labute approximate surface area is 106 Å². The maximum absolute atomic E-state index is 11.1. The molecule has 0 amide bonds. The zero-order chi connectivity index (χ0) is 13.4. The Kier molecular flexibility index (Phi) is 2.95. The van der Waals surface area contributed by atoms with Crippen molar-refractivity contribution in [3.63, 3.8) is 0 Å². The molecule has 1 aromatic heterocycles. The first kappa shape index (κ1) is 12.4. The fourth-order valence-corrected chi connectivity index (χ4v) is 2.10. The highest BCUT2D eigenvalue weighted by molar-refractivity contribution is 6.00. The van der Waals surface area contributed by atoms with Crippen molar-refractivity contribution in [1.82, 2.24) is 4.98 Å². The maximum atomic E-state index is 11.1. The van der Waals surface area contributed by atoms with Crippen LogP contribution in [-0.4, -0.2) is 30.2 Å². The predicted octanol–water partition coefficient (Wildman–Crippen LogP) is 2.62. The van der Waals surface area contributed by atoms with Crippen molar-refractivity contribution < 1.29 is 9.90 Å². The Balaban J connectivity index is 2.88. The van der Waals surface area contributed by atoms with Crippen molar-refractivity contribution in [3.05, 3.63) is 35.0 Å². The lowest BCUT2D eigenvalue weighted by atomic mass is 10.0. The molecule has 1 N–H and O–H groups in total. The van der Waals surface area contributed by atoms with Crippen LogP contribution in [0.15, 0.2) is 18.2 Å². The highest BCUT2D eigenvalue weighted by Gasteiger charge is 2.12. The average molecular weight is 244 g/mol. The molecule has 1 aromatic carbocycles. The molecule has 2 aromatic rings. The van der Waals surface area contributed by atoms with Gasteiger partial charge in [-0.1, -0.05) is 0 Å². The van der Waals surface area contributed by atoms with Crippen molar-refractivity contribution in [2.45, 2.75) is 13.8 Å². The van der Waals surface area contributed by atoms with Crippen LogP contribution in [0.5, 0.6) is 0 Å². The normalized spacial score (nSPS) is 10.7. The Morgan fingerprint density at radius 2 is 1.89 bits per heavy atom. The minimum atomic E-state index is -0.912. The third-order valence-electron chi connectivity index (χ3n) is 2.94. The molecule has 0 radical (unpaired) electrons. The first-order chi connectivity index (χ1) is 8.40. The highest BCUT2D eigenvalue weighted by Crippen LogP contribution is 2.28. The second kappa shape index (κ2) is 4.29. The summed E-state index contributed by atoms with van der Waals surface area (Å²) in [4.78, 5) is 17.6. The van der Waals surface area contributed by atoms with Gasteiger partial charge in [0.15, 0.2) is 0 Å². The van der Waals surface area contributed by atoms with Crippen molar-refractivity contribution >= 4 is 22.6 Å². The molecule has 0 atom stereocenters. The number of carbonyl (C=O) groups is 1. The van der Waals surface area contributed by atoms with E-state index in [-0.39, 0.29) is 0 Å². The summed E-state index contributed by atoms with van der Waals surface area (Å²) in [6, 6.07) is 5.32. The number of carboxylic acid groups (broad SMARTS) is 1. The van der Waals surface area contributed by atoms with Crippen LogP contribution in [0.4, 0.5) is 5.69 Å². The Morgan fingerprint density at radius 1 is 1.22 bits per heavy atom. The summed E-state index contributed by atoms with van der Waals surface area (Å²) in [7, 11) is 3.88. The molecule has 0 aliphatic rings. The topological polar surface area (TPSA) is 53.4 Å². The summed E-state index contributed by atoms with van der Waals surface area (Å²) in [5.74, 6) is -0.912. The molecule has 0 fully saturated rings. The van der Waals surface area contributed by atoms with E-state index in [0.29, 0.717) is 5.56 Å². The standard InChI is InChI=1S/C14H16N2O2/c1-8-5-10(14(17)18)7-11-12(16(3)4)6-9(2)15-13(8)11/h5-7H,1-4H3,(H,17,18). The molecule has 0 spiro atoms. The van der Waals surface area contributed by atoms with Crippen molar-refractivity contribution in [2.75, 3.05) is 19.0 Å². The van der Waals surface area contributed by atoms with Crippen molar-refractivity contribution in [2.24, 2.45) is 0 Å². The predicted molar refractivity (Wildman–Crippen MR) is 72.5 cm³/mol. The third-order valence-corrected chi connectivity index (χ3v) is 2.94. The number of rotatable bonds is 2. The molecule has 1 heterocycles. The van der Waals surface area contributed by atoms with Gasteiger partial charge < -0.3 is 10.0 Å². The van der Waals surface area contributed by atoms with Gasteiger partial charge in [0.05, 0.1) is 11.1 Å². The van der Waals surface area contributed by atoms with E-state index in [1.165, 1.54) is 0 Å². The second-order valence-electron chi connectivity index (χ2n) is 4.67. The molecule has 2 rings (SSSR count). The van der Waals surface area contributed by atoms with Crippen LogP contribution in [0, 0.1) is 13.8 Å².